The number of amides is 1. The minimum absolute atomic E-state index is 0.0914. The fourth-order valence-electron chi connectivity index (χ4n) is 1.94. The first-order valence-corrected chi connectivity index (χ1v) is 7.32. The summed E-state index contributed by atoms with van der Waals surface area (Å²) in [6.07, 6.45) is 12.0. The van der Waals surface area contributed by atoms with Gasteiger partial charge in [-0.1, -0.05) is 38.2 Å². The van der Waals surface area contributed by atoms with Crippen molar-refractivity contribution >= 4 is 5.91 Å². The van der Waals surface area contributed by atoms with Crippen LogP contribution < -0.4 is 5.32 Å². The molecule has 1 fully saturated rings. The van der Waals surface area contributed by atoms with Gasteiger partial charge in [-0.3, -0.25) is 4.79 Å². The van der Waals surface area contributed by atoms with Crippen molar-refractivity contribution in [1.29, 1.82) is 0 Å². The van der Waals surface area contributed by atoms with Crippen LogP contribution in [0.25, 0.3) is 0 Å². The summed E-state index contributed by atoms with van der Waals surface area (Å²) in [4.78, 5) is 13.5. The molecule has 0 radical (unpaired) electrons. The molecule has 0 bridgehead atoms. The molecule has 0 spiro atoms. The van der Waals surface area contributed by atoms with Crippen LogP contribution in [-0.2, 0) is 4.79 Å². The molecule has 1 rings (SSSR count). The van der Waals surface area contributed by atoms with E-state index in [0.717, 1.165) is 25.9 Å². The van der Waals surface area contributed by atoms with E-state index in [1.165, 1.54) is 17.3 Å². The average Bonchev–Trinajstić information content (AvgIpc) is 2.41. The molecule has 0 aromatic rings. The van der Waals surface area contributed by atoms with Crippen molar-refractivity contribution in [1.82, 2.24) is 10.2 Å². The maximum Gasteiger partial charge on any atom is 0.243 e. The molecule has 110 valence electrons. The monoisotopic (exact) mass is 274 g/mol. The van der Waals surface area contributed by atoms with E-state index >= 15 is 0 Å². The van der Waals surface area contributed by atoms with Gasteiger partial charge in [-0.15, -0.1) is 0 Å². The zero-order chi connectivity index (χ0) is 15.0. The van der Waals surface area contributed by atoms with Gasteiger partial charge in [0.1, 0.15) is 0 Å². The Morgan fingerprint density at radius 1 is 1.40 bits per heavy atom. The molecule has 0 aromatic heterocycles. The summed E-state index contributed by atoms with van der Waals surface area (Å²) < 4.78 is 0. The Hall–Kier alpha value is -1.77. The summed E-state index contributed by atoms with van der Waals surface area (Å²) in [7, 11) is 0. The SMILES string of the molecule is C=CC(=O)NC1CN(C(/C=C(\C)CC)=C/C=C/CC)C1. The van der Waals surface area contributed by atoms with E-state index in [1.54, 1.807) is 0 Å². The number of nitrogens with one attached hydrogen (secondary N) is 1. The highest BCUT2D eigenvalue weighted by Gasteiger charge is 2.27. The van der Waals surface area contributed by atoms with E-state index in [9.17, 15) is 4.79 Å². The first-order valence-electron chi connectivity index (χ1n) is 7.32. The van der Waals surface area contributed by atoms with Crippen molar-refractivity contribution in [3.8, 4) is 0 Å². The first-order chi connectivity index (χ1) is 9.60. The summed E-state index contributed by atoms with van der Waals surface area (Å²) in [6, 6.07) is 0.231. The highest BCUT2D eigenvalue weighted by atomic mass is 16.1. The maximum absolute atomic E-state index is 11.2. The molecule has 0 unspecified atom stereocenters. The van der Waals surface area contributed by atoms with Crippen molar-refractivity contribution in [2.45, 2.75) is 39.7 Å². The minimum atomic E-state index is -0.0914. The van der Waals surface area contributed by atoms with Crippen molar-refractivity contribution in [2.24, 2.45) is 0 Å². The van der Waals surface area contributed by atoms with E-state index in [-0.39, 0.29) is 11.9 Å². The number of carbonyl (C=O) groups excluding carboxylic acids is 1. The number of hydrogen-bond acceptors (Lipinski definition) is 2. The number of carbonyl (C=O) groups is 1. The second-order valence-corrected chi connectivity index (χ2v) is 5.09. The van der Waals surface area contributed by atoms with Crippen LogP contribution in [0.4, 0.5) is 0 Å². The summed E-state index contributed by atoms with van der Waals surface area (Å²) in [5, 5.41) is 2.92. The molecule has 20 heavy (non-hydrogen) atoms. The highest BCUT2D eigenvalue weighted by Crippen LogP contribution is 2.19. The molecule has 1 heterocycles. The Bertz CT molecular complexity index is 426. The first kappa shape index (κ1) is 16.3. The van der Waals surface area contributed by atoms with E-state index in [1.807, 2.05) is 0 Å². The van der Waals surface area contributed by atoms with E-state index < -0.39 is 0 Å². The fourth-order valence-corrected chi connectivity index (χ4v) is 1.94. The van der Waals surface area contributed by atoms with E-state index in [0.29, 0.717) is 0 Å². The Balaban J connectivity index is 2.63. The molecule has 1 amide bonds. The largest absolute Gasteiger partial charge is 0.367 e. The van der Waals surface area contributed by atoms with Gasteiger partial charge in [-0.2, -0.15) is 0 Å². The number of allylic oxidation sites excluding steroid dienone is 5. The van der Waals surface area contributed by atoms with E-state index in [4.69, 9.17) is 0 Å². The van der Waals surface area contributed by atoms with Gasteiger partial charge in [0.05, 0.1) is 6.04 Å². The lowest BCUT2D eigenvalue weighted by Gasteiger charge is -2.42. The molecule has 3 heteroatoms. The van der Waals surface area contributed by atoms with Crippen LogP contribution in [0, 0.1) is 0 Å². The molecule has 0 aliphatic carbocycles. The predicted molar refractivity (Wildman–Crippen MR) is 85.3 cm³/mol. The van der Waals surface area contributed by atoms with Crippen LogP contribution in [-0.4, -0.2) is 29.9 Å². The topological polar surface area (TPSA) is 32.3 Å². The molecule has 3 nitrogen and oxygen atoms in total. The predicted octanol–water partition coefficient (Wildman–Crippen LogP) is 3.18. The second kappa shape index (κ2) is 8.41. The molecular formula is C17H26N2O. The summed E-state index contributed by atoms with van der Waals surface area (Å²) in [5.74, 6) is -0.0914. The zero-order valence-electron chi connectivity index (χ0n) is 12.9. The molecule has 0 saturated carbocycles. The van der Waals surface area contributed by atoms with Gasteiger partial charge in [-0.05, 0) is 38.0 Å². The molecule has 1 aliphatic rings. The highest BCUT2D eigenvalue weighted by molar-refractivity contribution is 5.87. The van der Waals surface area contributed by atoms with E-state index in [2.05, 4.69) is 61.9 Å². The van der Waals surface area contributed by atoms with Crippen molar-refractivity contribution in [3.05, 3.63) is 48.2 Å². The van der Waals surface area contributed by atoms with Gasteiger partial charge in [0.25, 0.3) is 0 Å². The molecule has 0 atom stereocenters. The second-order valence-electron chi connectivity index (χ2n) is 5.09. The molecule has 1 saturated heterocycles. The Kier molecular flexibility index (Phi) is 6.85. The third-order valence-electron chi connectivity index (χ3n) is 3.37. The zero-order valence-corrected chi connectivity index (χ0v) is 12.9. The van der Waals surface area contributed by atoms with Crippen LogP contribution >= 0.6 is 0 Å². The van der Waals surface area contributed by atoms with Gasteiger partial charge >= 0.3 is 0 Å². The standard InChI is InChI=1S/C17H26N2O/c1-5-8-9-10-16(11-14(4)6-2)19-12-15(13-19)18-17(20)7-3/h7-11,15H,3,5-6,12-13H2,1-2,4H3,(H,18,20)/b9-8+,14-11+,16-10+. The van der Waals surface area contributed by atoms with Gasteiger partial charge in [0, 0.05) is 18.8 Å². The molecule has 1 N–H and O–H groups in total. The fraction of sp³-hybridized carbons (Fsp3) is 0.471. The van der Waals surface area contributed by atoms with Gasteiger partial charge < -0.3 is 10.2 Å². The van der Waals surface area contributed by atoms with Crippen molar-refractivity contribution in [3.63, 3.8) is 0 Å². The smallest absolute Gasteiger partial charge is 0.243 e. The third kappa shape index (κ3) is 5.08. The Morgan fingerprint density at radius 2 is 2.10 bits per heavy atom. The van der Waals surface area contributed by atoms with Crippen molar-refractivity contribution in [2.75, 3.05) is 13.1 Å². The molecular weight excluding hydrogens is 248 g/mol. The van der Waals surface area contributed by atoms with Crippen LogP contribution in [0.3, 0.4) is 0 Å². The molecule has 1 aliphatic heterocycles. The van der Waals surface area contributed by atoms with Crippen LogP contribution in [0.2, 0.25) is 0 Å². The van der Waals surface area contributed by atoms with Gasteiger partial charge in [-0.25, -0.2) is 0 Å². The lowest BCUT2D eigenvalue weighted by Crippen LogP contribution is -2.58. The minimum Gasteiger partial charge on any atom is -0.367 e. The summed E-state index contributed by atoms with van der Waals surface area (Å²) >= 11 is 0. The van der Waals surface area contributed by atoms with Gasteiger partial charge in [0.15, 0.2) is 0 Å². The Morgan fingerprint density at radius 3 is 2.65 bits per heavy atom. The van der Waals surface area contributed by atoms with Crippen LogP contribution in [0.5, 0.6) is 0 Å². The van der Waals surface area contributed by atoms with Gasteiger partial charge in [0.2, 0.25) is 5.91 Å². The van der Waals surface area contributed by atoms with Crippen LogP contribution in [0.15, 0.2) is 48.2 Å². The average molecular weight is 274 g/mol. The molecule has 0 aromatic carbocycles. The number of nitrogens with zero attached hydrogens (tertiary/aromatic N) is 1. The number of likely N-dealkylation sites (tertiary alicyclic amines) is 1. The quantitative estimate of drug-likeness (QED) is 0.571. The normalized spacial score (nSPS) is 17.2. The third-order valence-corrected chi connectivity index (χ3v) is 3.37. The summed E-state index contributed by atoms with van der Waals surface area (Å²) in [5.41, 5.74) is 2.58. The van der Waals surface area contributed by atoms with Crippen LogP contribution in [0.1, 0.15) is 33.6 Å². The number of hydrogen-bond donors (Lipinski definition) is 1. The Labute approximate surface area is 122 Å². The summed E-state index contributed by atoms with van der Waals surface area (Å²) in [6.45, 7) is 11.6. The maximum atomic E-state index is 11.2. The van der Waals surface area contributed by atoms with Crippen molar-refractivity contribution < 1.29 is 4.79 Å². The lowest BCUT2D eigenvalue weighted by atomic mass is 10.1. The lowest BCUT2D eigenvalue weighted by molar-refractivity contribution is -0.118. The number of rotatable bonds is 7.